The van der Waals surface area contributed by atoms with Gasteiger partial charge in [-0.3, -0.25) is 0 Å². The van der Waals surface area contributed by atoms with Crippen molar-refractivity contribution in [1.29, 1.82) is 0 Å². The number of aromatic carboxylic acids is 1. The highest BCUT2D eigenvalue weighted by molar-refractivity contribution is 5.92. The largest absolute Gasteiger partial charge is 0.478 e. The van der Waals surface area contributed by atoms with Crippen LogP contribution in [-0.4, -0.2) is 31.8 Å². The van der Waals surface area contributed by atoms with Crippen LogP contribution in [0.2, 0.25) is 0 Å². The Bertz CT molecular complexity index is 677. The molecule has 0 amide bonds. The minimum absolute atomic E-state index is 0.237. The number of aryl methyl sites for hydroxylation is 1. The fraction of sp³-hybridized carbons (Fsp3) is 0.500. The molecule has 1 aromatic carbocycles. The van der Waals surface area contributed by atoms with Crippen molar-refractivity contribution >= 4 is 17.0 Å². The molecule has 0 aliphatic heterocycles. The predicted octanol–water partition coefficient (Wildman–Crippen LogP) is 2.46. The van der Waals surface area contributed by atoms with Gasteiger partial charge in [0.1, 0.15) is 5.82 Å². The molecule has 0 bridgehead atoms. The maximum absolute atomic E-state index is 11.2. The summed E-state index contributed by atoms with van der Waals surface area (Å²) in [6.45, 7) is 2.75. The van der Waals surface area contributed by atoms with Crippen LogP contribution in [0, 0.1) is 5.92 Å². The number of aliphatic hydroxyl groups is 1. The summed E-state index contributed by atoms with van der Waals surface area (Å²) in [5.74, 6) is 0.261. The van der Waals surface area contributed by atoms with Gasteiger partial charge in [-0.2, -0.15) is 0 Å². The first-order valence-electron chi connectivity index (χ1n) is 7.50. The molecular weight excluding hydrogens is 268 g/mol. The number of aromatic nitrogens is 2. The number of carbonyl (C=O) groups is 1. The third-order valence-electron chi connectivity index (χ3n) is 4.43. The van der Waals surface area contributed by atoms with Crippen molar-refractivity contribution in [2.45, 2.75) is 45.3 Å². The molecule has 2 aromatic rings. The number of aliphatic hydroxyl groups excluding tert-OH is 1. The van der Waals surface area contributed by atoms with Gasteiger partial charge in [-0.25, -0.2) is 9.78 Å². The van der Waals surface area contributed by atoms with Gasteiger partial charge >= 0.3 is 5.97 Å². The number of carboxylic acid groups (broad SMARTS) is 1. The molecule has 1 aliphatic carbocycles. The molecule has 2 N–H and O–H groups in total. The standard InChI is InChI=1S/C16H20N2O3/c1-2-15-17-12-7-6-10(16(20)21)8-13(12)18(15)9-11-4-3-5-14(11)19/h6-8,11,14,19H,2-5,9H2,1H3,(H,20,21). The molecular formula is C16H20N2O3. The summed E-state index contributed by atoms with van der Waals surface area (Å²) in [6, 6.07) is 5.04. The van der Waals surface area contributed by atoms with Crippen molar-refractivity contribution in [2.75, 3.05) is 0 Å². The highest BCUT2D eigenvalue weighted by atomic mass is 16.4. The van der Waals surface area contributed by atoms with E-state index in [0.717, 1.165) is 42.5 Å². The summed E-state index contributed by atoms with van der Waals surface area (Å²) in [7, 11) is 0. The van der Waals surface area contributed by atoms with Gasteiger partial charge in [-0.1, -0.05) is 13.3 Å². The molecule has 1 saturated carbocycles. The molecule has 5 nitrogen and oxygen atoms in total. The fourth-order valence-corrected chi connectivity index (χ4v) is 3.24. The quantitative estimate of drug-likeness (QED) is 0.906. The van der Waals surface area contributed by atoms with E-state index in [0.29, 0.717) is 6.54 Å². The predicted molar refractivity (Wildman–Crippen MR) is 79.4 cm³/mol. The Morgan fingerprint density at radius 1 is 1.43 bits per heavy atom. The minimum atomic E-state index is -0.927. The molecule has 1 heterocycles. The Hall–Kier alpha value is -1.88. The maximum atomic E-state index is 11.2. The van der Waals surface area contributed by atoms with E-state index < -0.39 is 5.97 Å². The van der Waals surface area contributed by atoms with E-state index in [1.54, 1.807) is 18.2 Å². The van der Waals surface area contributed by atoms with Crippen LogP contribution < -0.4 is 0 Å². The Kier molecular flexibility index (Phi) is 3.68. The molecule has 0 saturated heterocycles. The fourth-order valence-electron chi connectivity index (χ4n) is 3.24. The van der Waals surface area contributed by atoms with Crippen molar-refractivity contribution in [3.63, 3.8) is 0 Å². The third-order valence-corrected chi connectivity index (χ3v) is 4.43. The number of rotatable bonds is 4. The first kappa shape index (κ1) is 14.1. The average molecular weight is 288 g/mol. The summed E-state index contributed by atoms with van der Waals surface area (Å²) in [5.41, 5.74) is 1.95. The van der Waals surface area contributed by atoms with Gasteiger partial charge < -0.3 is 14.8 Å². The molecule has 112 valence electrons. The number of carboxylic acids is 1. The number of imidazole rings is 1. The normalized spacial score (nSPS) is 22.0. The van der Waals surface area contributed by atoms with Gasteiger partial charge in [0, 0.05) is 18.9 Å². The zero-order valence-corrected chi connectivity index (χ0v) is 12.1. The second kappa shape index (κ2) is 5.48. The van der Waals surface area contributed by atoms with E-state index >= 15 is 0 Å². The third kappa shape index (κ3) is 2.53. The first-order chi connectivity index (χ1) is 10.1. The van der Waals surface area contributed by atoms with Crippen molar-refractivity contribution < 1.29 is 15.0 Å². The van der Waals surface area contributed by atoms with Crippen LogP contribution in [-0.2, 0) is 13.0 Å². The van der Waals surface area contributed by atoms with Crippen molar-refractivity contribution in [1.82, 2.24) is 9.55 Å². The minimum Gasteiger partial charge on any atom is -0.478 e. The summed E-state index contributed by atoms with van der Waals surface area (Å²) >= 11 is 0. The number of hydrogen-bond donors (Lipinski definition) is 2. The summed E-state index contributed by atoms with van der Waals surface area (Å²) in [6.07, 6.45) is 3.47. The summed E-state index contributed by atoms with van der Waals surface area (Å²) < 4.78 is 2.08. The van der Waals surface area contributed by atoms with E-state index in [4.69, 9.17) is 5.11 Å². The van der Waals surface area contributed by atoms with Gasteiger partial charge in [-0.15, -0.1) is 0 Å². The zero-order valence-electron chi connectivity index (χ0n) is 12.1. The van der Waals surface area contributed by atoms with Gasteiger partial charge in [-0.05, 0) is 31.0 Å². The number of hydrogen-bond acceptors (Lipinski definition) is 3. The molecule has 1 aliphatic rings. The molecule has 3 rings (SSSR count). The Balaban J connectivity index is 2.05. The monoisotopic (exact) mass is 288 g/mol. The smallest absolute Gasteiger partial charge is 0.335 e. The van der Waals surface area contributed by atoms with Crippen LogP contribution >= 0.6 is 0 Å². The van der Waals surface area contributed by atoms with Crippen molar-refractivity contribution in [2.24, 2.45) is 5.92 Å². The first-order valence-corrected chi connectivity index (χ1v) is 7.50. The highest BCUT2D eigenvalue weighted by Gasteiger charge is 2.26. The molecule has 2 unspecified atom stereocenters. The van der Waals surface area contributed by atoms with Crippen molar-refractivity contribution in [3.05, 3.63) is 29.6 Å². The Labute approximate surface area is 123 Å². The van der Waals surface area contributed by atoms with Crippen LogP contribution in [0.3, 0.4) is 0 Å². The van der Waals surface area contributed by atoms with Crippen LogP contribution in [0.15, 0.2) is 18.2 Å². The zero-order chi connectivity index (χ0) is 15.0. The van der Waals surface area contributed by atoms with E-state index in [-0.39, 0.29) is 17.6 Å². The lowest BCUT2D eigenvalue weighted by Gasteiger charge is -2.17. The second-order valence-electron chi connectivity index (χ2n) is 5.76. The van der Waals surface area contributed by atoms with E-state index in [1.807, 2.05) is 6.92 Å². The lowest BCUT2D eigenvalue weighted by atomic mass is 10.1. The highest BCUT2D eigenvalue weighted by Crippen LogP contribution is 2.29. The Morgan fingerprint density at radius 2 is 2.24 bits per heavy atom. The molecule has 1 fully saturated rings. The molecule has 1 aromatic heterocycles. The number of fused-ring (bicyclic) bond motifs is 1. The number of benzene rings is 1. The average Bonchev–Trinajstić information content (AvgIpc) is 3.03. The van der Waals surface area contributed by atoms with Gasteiger partial charge in [0.2, 0.25) is 0 Å². The van der Waals surface area contributed by atoms with Gasteiger partial charge in [0.05, 0.1) is 22.7 Å². The molecule has 21 heavy (non-hydrogen) atoms. The van der Waals surface area contributed by atoms with Gasteiger partial charge in [0.25, 0.3) is 0 Å². The van der Waals surface area contributed by atoms with Crippen LogP contribution in [0.1, 0.15) is 42.4 Å². The molecule has 0 spiro atoms. The SMILES string of the molecule is CCc1nc2ccc(C(=O)O)cc2n1CC1CCCC1O. The van der Waals surface area contributed by atoms with Crippen LogP contribution in [0.5, 0.6) is 0 Å². The number of nitrogens with zero attached hydrogens (tertiary/aromatic N) is 2. The molecule has 0 radical (unpaired) electrons. The van der Waals surface area contributed by atoms with E-state index in [1.165, 1.54) is 0 Å². The second-order valence-corrected chi connectivity index (χ2v) is 5.76. The lowest BCUT2D eigenvalue weighted by Crippen LogP contribution is -2.20. The van der Waals surface area contributed by atoms with E-state index in [9.17, 15) is 9.90 Å². The summed E-state index contributed by atoms with van der Waals surface area (Å²) in [5, 5.41) is 19.2. The topological polar surface area (TPSA) is 75.3 Å². The van der Waals surface area contributed by atoms with Crippen LogP contribution in [0.4, 0.5) is 0 Å². The molecule has 2 atom stereocenters. The maximum Gasteiger partial charge on any atom is 0.335 e. The summed E-state index contributed by atoms with van der Waals surface area (Å²) in [4.78, 5) is 15.7. The Morgan fingerprint density at radius 3 is 2.86 bits per heavy atom. The van der Waals surface area contributed by atoms with Crippen molar-refractivity contribution in [3.8, 4) is 0 Å². The van der Waals surface area contributed by atoms with E-state index in [2.05, 4.69) is 9.55 Å². The lowest BCUT2D eigenvalue weighted by molar-refractivity contribution is 0.0697. The van der Waals surface area contributed by atoms with Crippen LogP contribution in [0.25, 0.3) is 11.0 Å². The molecule has 5 heteroatoms. The van der Waals surface area contributed by atoms with Gasteiger partial charge in [0.15, 0.2) is 0 Å².